The van der Waals surface area contributed by atoms with Gasteiger partial charge in [-0.05, 0) is 69.2 Å². The molecule has 3 aromatic rings. The van der Waals surface area contributed by atoms with Crippen LogP contribution in [0.3, 0.4) is 0 Å². The van der Waals surface area contributed by atoms with E-state index in [4.69, 9.17) is 0 Å². The summed E-state index contributed by atoms with van der Waals surface area (Å²) >= 11 is 1.76. The number of rotatable bonds is 5. The minimum atomic E-state index is 0.103. The molecule has 0 saturated heterocycles. The molecule has 0 saturated carbocycles. The van der Waals surface area contributed by atoms with Gasteiger partial charge in [0.1, 0.15) is 0 Å². The van der Waals surface area contributed by atoms with Crippen LogP contribution in [-0.2, 0) is 6.42 Å². The minimum Gasteiger partial charge on any atom is -0.361 e. The maximum absolute atomic E-state index is 12.1. The van der Waals surface area contributed by atoms with E-state index >= 15 is 0 Å². The van der Waals surface area contributed by atoms with E-state index < -0.39 is 0 Å². The molecule has 0 amide bonds. The molecule has 132 valence electrons. The van der Waals surface area contributed by atoms with Crippen LogP contribution in [-0.4, -0.2) is 15.8 Å². The standard InChI is InChI=1S/C21H26N2OS/c1-7-16-11(2)20(22-13(16)4)19(17-9-8-10-25-17)21-12(3)18(15(6)24)14(5)23-21/h8-10,19,22-23H,7H2,1-6H3. The fourth-order valence-electron chi connectivity index (χ4n) is 4.11. The van der Waals surface area contributed by atoms with Crippen molar-refractivity contribution in [1.29, 1.82) is 0 Å². The van der Waals surface area contributed by atoms with Crippen LogP contribution in [0.2, 0.25) is 0 Å². The van der Waals surface area contributed by atoms with Crippen molar-refractivity contribution < 1.29 is 4.79 Å². The van der Waals surface area contributed by atoms with Crippen LogP contribution in [0, 0.1) is 27.7 Å². The quantitative estimate of drug-likeness (QED) is 0.577. The molecular weight excluding hydrogens is 328 g/mol. The van der Waals surface area contributed by atoms with Gasteiger partial charge in [0.05, 0.1) is 5.92 Å². The third kappa shape index (κ3) is 2.89. The summed E-state index contributed by atoms with van der Waals surface area (Å²) in [6.07, 6.45) is 1.02. The molecule has 1 atom stereocenters. The fraction of sp³-hybridized carbons (Fsp3) is 0.381. The topological polar surface area (TPSA) is 48.6 Å². The first-order valence-corrected chi connectivity index (χ1v) is 9.66. The molecule has 1 unspecified atom stereocenters. The van der Waals surface area contributed by atoms with Crippen LogP contribution in [0.4, 0.5) is 0 Å². The lowest BCUT2D eigenvalue weighted by molar-refractivity contribution is 0.101. The average molecular weight is 355 g/mol. The molecule has 2 N–H and O–H groups in total. The van der Waals surface area contributed by atoms with Crippen molar-refractivity contribution in [2.24, 2.45) is 0 Å². The number of hydrogen-bond acceptors (Lipinski definition) is 2. The summed E-state index contributed by atoms with van der Waals surface area (Å²) in [6, 6.07) is 4.27. The number of carbonyl (C=O) groups is 1. The van der Waals surface area contributed by atoms with Gasteiger partial charge in [0, 0.05) is 33.2 Å². The molecule has 0 aliphatic carbocycles. The zero-order chi connectivity index (χ0) is 18.3. The maximum atomic E-state index is 12.1. The Hall–Kier alpha value is -2.07. The number of thiophene rings is 1. The zero-order valence-corrected chi connectivity index (χ0v) is 16.6. The molecule has 0 aliphatic rings. The van der Waals surface area contributed by atoms with E-state index in [1.165, 1.54) is 27.4 Å². The lowest BCUT2D eigenvalue weighted by atomic mass is 9.92. The van der Waals surface area contributed by atoms with Gasteiger partial charge in [-0.3, -0.25) is 4.79 Å². The number of aromatic nitrogens is 2. The van der Waals surface area contributed by atoms with Gasteiger partial charge in [-0.2, -0.15) is 0 Å². The van der Waals surface area contributed by atoms with Gasteiger partial charge in [-0.1, -0.05) is 13.0 Å². The third-order valence-corrected chi connectivity index (χ3v) is 6.16. The van der Waals surface area contributed by atoms with Crippen molar-refractivity contribution in [2.45, 2.75) is 53.9 Å². The summed E-state index contributed by atoms with van der Waals surface area (Å²) in [7, 11) is 0. The number of nitrogens with one attached hydrogen (secondary N) is 2. The first-order valence-electron chi connectivity index (χ1n) is 8.78. The van der Waals surface area contributed by atoms with Crippen molar-refractivity contribution in [3.05, 3.63) is 67.4 Å². The number of Topliss-reactive ketones (excluding diaryl/α,β-unsaturated/α-hetero) is 1. The van der Waals surface area contributed by atoms with Crippen molar-refractivity contribution in [3.8, 4) is 0 Å². The molecule has 0 bridgehead atoms. The Kier molecular flexibility index (Phi) is 4.74. The highest BCUT2D eigenvalue weighted by Crippen LogP contribution is 2.39. The molecule has 3 rings (SSSR count). The normalized spacial score (nSPS) is 12.6. The second kappa shape index (κ2) is 6.68. The highest BCUT2D eigenvalue weighted by Gasteiger charge is 2.28. The molecule has 0 aliphatic heterocycles. The van der Waals surface area contributed by atoms with Gasteiger partial charge in [0.2, 0.25) is 0 Å². The van der Waals surface area contributed by atoms with Crippen LogP contribution in [0.25, 0.3) is 0 Å². The van der Waals surface area contributed by atoms with Gasteiger partial charge >= 0.3 is 0 Å². The minimum absolute atomic E-state index is 0.103. The van der Waals surface area contributed by atoms with Gasteiger partial charge in [-0.15, -0.1) is 11.3 Å². The molecule has 0 aromatic carbocycles. The highest BCUT2D eigenvalue weighted by molar-refractivity contribution is 7.10. The lowest BCUT2D eigenvalue weighted by Crippen LogP contribution is -2.06. The second-order valence-electron chi connectivity index (χ2n) is 6.79. The number of carbonyl (C=O) groups excluding carboxylic acids is 1. The van der Waals surface area contributed by atoms with E-state index in [1.54, 1.807) is 18.3 Å². The Balaban J connectivity index is 2.26. The number of aryl methyl sites for hydroxylation is 2. The molecule has 3 nitrogen and oxygen atoms in total. The average Bonchev–Trinajstić information content (AvgIpc) is 3.22. The Morgan fingerprint density at radius 3 is 2.20 bits per heavy atom. The smallest absolute Gasteiger partial charge is 0.161 e. The Morgan fingerprint density at radius 1 is 1.08 bits per heavy atom. The van der Waals surface area contributed by atoms with Gasteiger partial charge < -0.3 is 9.97 Å². The van der Waals surface area contributed by atoms with Crippen molar-refractivity contribution in [2.75, 3.05) is 0 Å². The molecule has 0 fully saturated rings. The first kappa shape index (κ1) is 17.7. The SMILES string of the molecule is CCc1c(C)[nH]c(C(c2cccs2)c2[nH]c(C)c(C(C)=O)c2C)c1C. The lowest BCUT2D eigenvalue weighted by Gasteiger charge is -2.17. The van der Waals surface area contributed by atoms with Crippen LogP contribution in [0.15, 0.2) is 17.5 Å². The summed E-state index contributed by atoms with van der Waals surface area (Å²) in [4.78, 5) is 20.5. The van der Waals surface area contributed by atoms with Gasteiger partial charge in [0.25, 0.3) is 0 Å². The summed E-state index contributed by atoms with van der Waals surface area (Å²) < 4.78 is 0. The molecular formula is C21H26N2OS. The highest BCUT2D eigenvalue weighted by atomic mass is 32.1. The van der Waals surface area contributed by atoms with Gasteiger partial charge in [-0.25, -0.2) is 0 Å². The number of hydrogen-bond donors (Lipinski definition) is 2. The van der Waals surface area contributed by atoms with Crippen LogP contribution in [0.1, 0.15) is 74.5 Å². The monoisotopic (exact) mass is 354 g/mol. The summed E-state index contributed by atoms with van der Waals surface area (Å²) in [5, 5.41) is 2.12. The summed E-state index contributed by atoms with van der Waals surface area (Å²) in [5.41, 5.74) is 9.16. The second-order valence-corrected chi connectivity index (χ2v) is 7.77. The van der Waals surface area contributed by atoms with Crippen molar-refractivity contribution >= 4 is 17.1 Å². The van der Waals surface area contributed by atoms with E-state index in [0.717, 1.165) is 28.9 Å². The van der Waals surface area contributed by atoms with Gasteiger partial charge in [0.15, 0.2) is 5.78 Å². The Labute approximate surface area is 153 Å². The molecule has 3 heterocycles. The van der Waals surface area contributed by atoms with Crippen LogP contribution < -0.4 is 0 Å². The number of aromatic amines is 2. The van der Waals surface area contributed by atoms with E-state index in [0.29, 0.717) is 0 Å². The first-order chi connectivity index (χ1) is 11.9. The molecule has 4 heteroatoms. The molecule has 25 heavy (non-hydrogen) atoms. The molecule has 3 aromatic heterocycles. The zero-order valence-electron chi connectivity index (χ0n) is 15.8. The number of H-pyrrole nitrogens is 2. The Bertz CT molecular complexity index is 912. The van der Waals surface area contributed by atoms with E-state index in [2.05, 4.69) is 55.2 Å². The molecule has 0 radical (unpaired) electrons. The van der Waals surface area contributed by atoms with Crippen molar-refractivity contribution in [3.63, 3.8) is 0 Å². The summed E-state index contributed by atoms with van der Waals surface area (Å²) in [6.45, 7) is 12.2. The third-order valence-electron chi connectivity index (χ3n) is 5.22. The van der Waals surface area contributed by atoms with E-state index in [1.807, 2.05) is 6.92 Å². The van der Waals surface area contributed by atoms with E-state index in [9.17, 15) is 4.79 Å². The fourth-order valence-corrected chi connectivity index (χ4v) is 4.95. The van der Waals surface area contributed by atoms with Crippen LogP contribution >= 0.6 is 11.3 Å². The molecule has 0 spiro atoms. The van der Waals surface area contributed by atoms with Crippen molar-refractivity contribution in [1.82, 2.24) is 9.97 Å². The Morgan fingerprint density at radius 2 is 1.72 bits per heavy atom. The van der Waals surface area contributed by atoms with E-state index in [-0.39, 0.29) is 11.7 Å². The summed E-state index contributed by atoms with van der Waals surface area (Å²) in [5.74, 6) is 0.224. The number of ketones is 1. The predicted molar refractivity (Wildman–Crippen MR) is 105 cm³/mol. The van der Waals surface area contributed by atoms with Crippen LogP contribution in [0.5, 0.6) is 0 Å². The predicted octanol–water partition coefficient (Wildman–Crippen LogP) is 5.58. The maximum Gasteiger partial charge on any atom is 0.161 e. The largest absolute Gasteiger partial charge is 0.361 e.